The van der Waals surface area contributed by atoms with Gasteiger partial charge in [0.15, 0.2) is 0 Å². The Labute approximate surface area is 188 Å². The maximum absolute atomic E-state index is 13.4. The lowest BCUT2D eigenvalue weighted by molar-refractivity contribution is -0.120. The second-order valence-electron chi connectivity index (χ2n) is 9.47. The van der Waals surface area contributed by atoms with Gasteiger partial charge in [-0.15, -0.1) is 0 Å². The second kappa shape index (κ2) is 8.24. The summed E-state index contributed by atoms with van der Waals surface area (Å²) in [7, 11) is 0. The molecule has 168 valence electrons. The molecule has 2 unspecified atom stereocenters. The van der Waals surface area contributed by atoms with Crippen LogP contribution in [0.5, 0.6) is 0 Å². The van der Waals surface area contributed by atoms with Crippen LogP contribution >= 0.6 is 0 Å². The summed E-state index contributed by atoms with van der Waals surface area (Å²) in [6, 6.07) is 14.6. The molecule has 2 N–H and O–H groups in total. The molecule has 6 nitrogen and oxygen atoms in total. The van der Waals surface area contributed by atoms with Crippen molar-refractivity contribution in [1.82, 2.24) is 14.0 Å². The van der Waals surface area contributed by atoms with Gasteiger partial charge in [0.1, 0.15) is 6.04 Å². The SMILES string of the molecule is Cc1ccc2c(c1)C(N1CCC(n3c(=O)n(C(C)C(N)=O)c4ccccc43)CC1)CCC2. The first-order valence-corrected chi connectivity index (χ1v) is 11.8. The van der Waals surface area contributed by atoms with Crippen molar-refractivity contribution in [2.75, 3.05) is 13.1 Å². The van der Waals surface area contributed by atoms with Crippen LogP contribution in [0.15, 0.2) is 47.3 Å². The van der Waals surface area contributed by atoms with Crippen LogP contribution in [0.2, 0.25) is 0 Å². The average molecular weight is 433 g/mol. The number of benzene rings is 2. The second-order valence-corrected chi connectivity index (χ2v) is 9.47. The van der Waals surface area contributed by atoms with Gasteiger partial charge in [0.2, 0.25) is 5.91 Å². The van der Waals surface area contributed by atoms with E-state index in [4.69, 9.17) is 5.73 Å². The Bertz CT molecular complexity index is 1220. The zero-order valence-corrected chi connectivity index (χ0v) is 19.0. The summed E-state index contributed by atoms with van der Waals surface area (Å²) < 4.78 is 3.47. The summed E-state index contributed by atoms with van der Waals surface area (Å²) in [4.78, 5) is 27.9. The third-order valence-corrected chi connectivity index (χ3v) is 7.50. The number of primary amides is 1. The van der Waals surface area contributed by atoms with Crippen molar-refractivity contribution in [2.45, 2.75) is 64.1 Å². The van der Waals surface area contributed by atoms with Gasteiger partial charge in [-0.25, -0.2) is 4.79 Å². The number of amides is 1. The van der Waals surface area contributed by atoms with E-state index in [1.165, 1.54) is 36.0 Å². The number of aromatic nitrogens is 2. The van der Waals surface area contributed by atoms with Gasteiger partial charge in [-0.05, 0) is 69.2 Å². The van der Waals surface area contributed by atoms with E-state index in [9.17, 15) is 9.59 Å². The van der Waals surface area contributed by atoms with E-state index in [-0.39, 0.29) is 11.7 Å². The predicted octanol–water partition coefficient (Wildman–Crippen LogP) is 3.87. The molecule has 1 aromatic heterocycles. The molecule has 1 aliphatic carbocycles. The summed E-state index contributed by atoms with van der Waals surface area (Å²) in [5.74, 6) is -0.490. The van der Waals surface area contributed by atoms with Crippen LogP contribution in [0.1, 0.15) is 67.4 Å². The van der Waals surface area contributed by atoms with Gasteiger partial charge in [0.05, 0.1) is 11.0 Å². The highest BCUT2D eigenvalue weighted by molar-refractivity contribution is 5.82. The predicted molar refractivity (Wildman–Crippen MR) is 127 cm³/mol. The topological polar surface area (TPSA) is 73.3 Å². The maximum Gasteiger partial charge on any atom is 0.330 e. The number of likely N-dealkylation sites (tertiary alicyclic amines) is 1. The van der Waals surface area contributed by atoms with E-state index in [2.05, 4.69) is 30.0 Å². The van der Waals surface area contributed by atoms with Crippen LogP contribution in [0, 0.1) is 6.92 Å². The van der Waals surface area contributed by atoms with E-state index in [1.807, 2.05) is 28.8 Å². The van der Waals surface area contributed by atoms with Crippen LogP contribution < -0.4 is 11.4 Å². The molecule has 5 rings (SSSR count). The smallest absolute Gasteiger partial charge is 0.330 e. The van der Waals surface area contributed by atoms with Gasteiger partial charge in [-0.2, -0.15) is 0 Å². The number of piperidine rings is 1. The van der Waals surface area contributed by atoms with E-state index in [0.717, 1.165) is 37.0 Å². The molecule has 32 heavy (non-hydrogen) atoms. The lowest BCUT2D eigenvalue weighted by atomic mass is 9.85. The van der Waals surface area contributed by atoms with Crippen LogP contribution in [-0.4, -0.2) is 33.0 Å². The molecular formula is C26H32N4O2. The number of carbonyl (C=O) groups excluding carboxylic acids is 1. The van der Waals surface area contributed by atoms with Crippen molar-refractivity contribution in [3.8, 4) is 0 Å². The van der Waals surface area contributed by atoms with Gasteiger partial charge < -0.3 is 5.73 Å². The lowest BCUT2D eigenvalue weighted by Gasteiger charge is -2.40. The molecule has 0 bridgehead atoms. The van der Waals surface area contributed by atoms with Crippen LogP contribution in [0.25, 0.3) is 11.0 Å². The number of imidazole rings is 1. The third-order valence-electron chi connectivity index (χ3n) is 7.50. The van der Waals surface area contributed by atoms with E-state index >= 15 is 0 Å². The van der Waals surface area contributed by atoms with Crippen LogP contribution in [0.4, 0.5) is 0 Å². The minimum Gasteiger partial charge on any atom is -0.368 e. The first kappa shape index (κ1) is 21.0. The number of fused-ring (bicyclic) bond motifs is 2. The van der Waals surface area contributed by atoms with Crippen LogP contribution in [-0.2, 0) is 11.2 Å². The number of nitrogens with zero attached hydrogens (tertiary/aromatic N) is 3. The highest BCUT2D eigenvalue weighted by Crippen LogP contribution is 2.38. The fraction of sp³-hybridized carbons (Fsp3) is 0.462. The molecule has 0 saturated carbocycles. The Hall–Kier alpha value is -2.86. The van der Waals surface area contributed by atoms with Gasteiger partial charge in [-0.3, -0.25) is 18.8 Å². The summed E-state index contributed by atoms with van der Waals surface area (Å²) in [5.41, 5.74) is 11.4. The van der Waals surface area contributed by atoms with Crippen molar-refractivity contribution in [3.05, 3.63) is 69.6 Å². The van der Waals surface area contributed by atoms with Crippen molar-refractivity contribution in [2.24, 2.45) is 5.73 Å². The van der Waals surface area contributed by atoms with Crippen molar-refractivity contribution < 1.29 is 4.79 Å². The number of para-hydroxylation sites is 2. The molecule has 0 radical (unpaired) electrons. The molecule has 1 fully saturated rings. The number of rotatable bonds is 4. The molecule has 1 saturated heterocycles. The van der Waals surface area contributed by atoms with E-state index in [1.54, 1.807) is 11.5 Å². The Morgan fingerprint density at radius 1 is 1.06 bits per heavy atom. The Balaban J connectivity index is 1.43. The van der Waals surface area contributed by atoms with Crippen molar-refractivity contribution in [3.63, 3.8) is 0 Å². The zero-order chi connectivity index (χ0) is 22.4. The lowest BCUT2D eigenvalue weighted by Crippen LogP contribution is -2.41. The number of hydrogen-bond donors (Lipinski definition) is 1. The molecule has 2 heterocycles. The first-order chi connectivity index (χ1) is 15.5. The molecule has 1 aliphatic heterocycles. The Morgan fingerprint density at radius 2 is 1.78 bits per heavy atom. The monoisotopic (exact) mass is 432 g/mol. The molecular weight excluding hydrogens is 400 g/mol. The maximum atomic E-state index is 13.4. The number of nitrogens with two attached hydrogens (primary N) is 1. The highest BCUT2D eigenvalue weighted by atomic mass is 16.2. The third kappa shape index (κ3) is 3.47. The zero-order valence-electron chi connectivity index (χ0n) is 19.0. The molecule has 2 aromatic carbocycles. The fourth-order valence-corrected chi connectivity index (χ4v) is 5.78. The minimum absolute atomic E-state index is 0.130. The van der Waals surface area contributed by atoms with Crippen molar-refractivity contribution in [1.29, 1.82) is 0 Å². The summed E-state index contributed by atoms with van der Waals surface area (Å²) in [6.07, 6.45) is 5.47. The molecule has 3 aromatic rings. The quantitative estimate of drug-likeness (QED) is 0.680. The van der Waals surface area contributed by atoms with E-state index in [0.29, 0.717) is 6.04 Å². The van der Waals surface area contributed by atoms with E-state index < -0.39 is 11.9 Å². The fourth-order valence-electron chi connectivity index (χ4n) is 5.78. The Kier molecular flexibility index (Phi) is 5.41. The number of aryl methyl sites for hydroxylation is 2. The molecule has 0 spiro atoms. The minimum atomic E-state index is -0.671. The first-order valence-electron chi connectivity index (χ1n) is 11.8. The molecule has 2 aliphatic rings. The summed E-state index contributed by atoms with van der Waals surface area (Å²) >= 11 is 0. The molecule has 1 amide bonds. The van der Waals surface area contributed by atoms with Crippen LogP contribution in [0.3, 0.4) is 0 Å². The van der Waals surface area contributed by atoms with Gasteiger partial charge in [-0.1, -0.05) is 35.9 Å². The Morgan fingerprint density at radius 3 is 2.50 bits per heavy atom. The normalized spacial score (nSPS) is 20.9. The molecule has 6 heteroatoms. The van der Waals surface area contributed by atoms with Gasteiger partial charge in [0, 0.05) is 25.2 Å². The summed E-state index contributed by atoms with van der Waals surface area (Å²) in [6.45, 7) is 5.82. The van der Waals surface area contributed by atoms with Gasteiger partial charge in [0.25, 0.3) is 0 Å². The standard InChI is InChI=1S/C26H32N4O2/c1-17-10-11-19-6-5-9-22(21(19)16-17)28-14-12-20(13-15-28)30-24-8-4-3-7-23(24)29(26(30)32)18(2)25(27)31/h3-4,7-8,10-11,16,18,20,22H,5-6,9,12-15H2,1-2H3,(H2,27,31). The summed E-state index contributed by atoms with van der Waals surface area (Å²) in [5, 5.41) is 0. The number of hydrogen-bond acceptors (Lipinski definition) is 3. The largest absolute Gasteiger partial charge is 0.368 e. The molecule has 2 atom stereocenters. The van der Waals surface area contributed by atoms with Gasteiger partial charge >= 0.3 is 5.69 Å². The van der Waals surface area contributed by atoms with Crippen molar-refractivity contribution >= 4 is 16.9 Å². The highest BCUT2D eigenvalue weighted by Gasteiger charge is 2.32. The number of carbonyl (C=O) groups is 1. The average Bonchev–Trinajstić information content (AvgIpc) is 3.09.